The van der Waals surface area contributed by atoms with Gasteiger partial charge in [-0.25, -0.2) is 13.9 Å². The number of rotatable bonds is 7. The van der Waals surface area contributed by atoms with Gasteiger partial charge in [-0.3, -0.25) is 9.78 Å². The van der Waals surface area contributed by atoms with Gasteiger partial charge in [-0.15, -0.1) is 0 Å². The molecule has 0 aliphatic heterocycles. The minimum absolute atomic E-state index is 0.121. The number of aromatic nitrogens is 4. The number of nitrogens with one attached hydrogen (secondary N) is 2. The molecule has 0 fully saturated rings. The number of carbonyl (C=O) groups is 1. The Morgan fingerprint density at radius 2 is 1.95 bits per heavy atom. The Kier molecular flexibility index (Phi) is 6.83. The van der Waals surface area contributed by atoms with Gasteiger partial charge in [0, 0.05) is 12.4 Å². The number of halogens is 1. The van der Waals surface area contributed by atoms with Crippen molar-refractivity contribution in [2.75, 3.05) is 11.9 Å². The summed E-state index contributed by atoms with van der Waals surface area (Å²) >= 11 is 0. The average molecular weight is 499 g/mol. The fourth-order valence-corrected chi connectivity index (χ4v) is 3.54. The number of amides is 1. The number of aliphatic hydroxyl groups is 1. The molecule has 186 valence electrons. The highest BCUT2D eigenvalue weighted by atomic mass is 19.1. The van der Waals surface area contributed by atoms with Crippen molar-refractivity contribution in [3.63, 3.8) is 0 Å². The predicted octanol–water partition coefficient (Wildman–Crippen LogP) is 3.43. The third-order valence-corrected chi connectivity index (χ3v) is 5.74. The minimum Gasteiger partial charge on any atom is -0.387 e. The second-order valence-electron chi connectivity index (χ2n) is 8.98. The number of carbonyl (C=O) groups excluding carboxylic acids is 1. The number of fused-ring (bicyclic) bond motifs is 1. The fraction of sp³-hybridized carbons (Fsp3) is 0.231. The first-order valence-corrected chi connectivity index (χ1v) is 11.3. The highest BCUT2D eigenvalue weighted by Gasteiger charge is 2.27. The van der Waals surface area contributed by atoms with Crippen LogP contribution >= 0.6 is 0 Å². The van der Waals surface area contributed by atoms with E-state index in [-0.39, 0.29) is 5.56 Å². The van der Waals surface area contributed by atoms with E-state index in [1.54, 1.807) is 41.8 Å². The Morgan fingerprint density at radius 3 is 2.62 bits per heavy atom. The number of anilines is 2. The van der Waals surface area contributed by atoms with Gasteiger partial charge in [0.15, 0.2) is 0 Å². The Hall–Kier alpha value is -4.87. The van der Waals surface area contributed by atoms with Gasteiger partial charge >= 0.3 is 0 Å². The molecule has 0 aliphatic carbocycles. The number of aryl methyl sites for hydroxylation is 1. The van der Waals surface area contributed by atoms with Crippen molar-refractivity contribution in [3.8, 4) is 23.5 Å². The molecule has 3 N–H and O–H groups in total. The normalized spacial score (nSPS) is 12.0. The van der Waals surface area contributed by atoms with Gasteiger partial charge in [0.2, 0.25) is 0 Å². The lowest BCUT2D eigenvalue weighted by Crippen LogP contribution is -2.42. The summed E-state index contributed by atoms with van der Waals surface area (Å²) in [5.41, 5.74) is 2.15. The zero-order chi connectivity index (χ0) is 26.7. The molecule has 0 aliphatic rings. The van der Waals surface area contributed by atoms with Gasteiger partial charge in [0.1, 0.15) is 24.1 Å². The molecule has 10 nitrogen and oxygen atoms in total. The van der Waals surface area contributed by atoms with Crippen LogP contribution < -0.4 is 10.6 Å². The summed E-state index contributed by atoms with van der Waals surface area (Å²) in [6.45, 7) is 4.01. The van der Waals surface area contributed by atoms with Crippen LogP contribution in [-0.4, -0.2) is 48.9 Å². The monoisotopic (exact) mass is 498 g/mol. The number of alkyl halides is 1. The summed E-state index contributed by atoms with van der Waals surface area (Å²) in [6.07, 6.45) is 2.54. The molecule has 0 saturated heterocycles. The first-order chi connectivity index (χ1) is 17.6. The zero-order valence-electron chi connectivity index (χ0n) is 20.3. The smallest absolute Gasteiger partial charge is 0.255 e. The van der Waals surface area contributed by atoms with E-state index in [0.29, 0.717) is 45.1 Å². The zero-order valence-corrected chi connectivity index (χ0v) is 20.3. The molecule has 1 amide bonds. The maximum absolute atomic E-state index is 14.2. The van der Waals surface area contributed by atoms with Gasteiger partial charge < -0.3 is 15.7 Å². The van der Waals surface area contributed by atoms with Crippen LogP contribution in [0.3, 0.4) is 0 Å². The van der Waals surface area contributed by atoms with Crippen LogP contribution in [0, 0.1) is 29.6 Å². The summed E-state index contributed by atoms with van der Waals surface area (Å²) < 4.78 is 15.9. The van der Waals surface area contributed by atoms with Gasteiger partial charge in [-0.1, -0.05) is 0 Å². The molecule has 4 aromatic rings. The van der Waals surface area contributed by atoms with E-state index in [1.807, 2.05) is 0 Å². The van der Waals surface area contributed by atoms with Gasteiger partial charge in [-0.2, -0.15) is 15.6 Å². The number of hydrogen-bond acceptors (Lipinski definition) is 8. The lowest BCUT2D eigenvalue weighted by molar-refractivity contribution is -0.00177. The molecule has 0 unspecified atom stereocenters. The molecular weight excluding hydrogens is 475 g/mol. The molecule has 0 spiro atoms. The molecular formula is C26H23FN8O2. The second kappa shape index (κ2) is 10.0. The molecule has 11 heteroatoms. The highest BCUT2D eigenvalue weighted by molar-refractivity contribution is 6.00. The topological polar surface area (TPSA) is 152 Å². The molecule has 0 radical (unpaired) electrons. The van der Waals surface area contributed by atoms with Crippen molar-refractivity contribution in [1.82, 2.24) is 24.9 Å². The molecule has 4 heterocycles. The van der Waals surface area contributed by atoms with Gasteiger partial charge in [0.05, 0.1) is 57.6 Å². The van der Waals surface area contributed by atoms with Crippen molar-refractivity contribution in [2.45, 2.75) is 32.5 Å². The molecule has 4 rings (SSSR count). The Morgan fingerprint density at radius 1 is 1.16 bits per heavy atom. The van der Waals surface area contributed by atoms with Crippen LogP contribution in [0.2, 0.25) is 0 Å². The number of nitrogens with zero attached hydrogens (tertiary/aromatic N) is 6. The SMILES string of the molecule is Cc1cc(Nc2cc(-c3ccc4cc(C#N)cnn34)ncc2C(=O)NC[C@@H](F)C(C)(C)O)ncc1C#N. The van der Waals surface area contributed by atoms with Crippen molar-refractivity contribution >= 4 is 22.9 Å². The fourth-order valence-electron chi connectivity index (χ4n) is 3.54. The first kappa shape index (κ1) is 25.2. The van der Waals surface area contributed by atoms with Crippen molar-refractivity contribution in [3.05, 3.63) is 71.2 Å². The summed E-state index contributed by atoms with van der Waals surface area (Å²) in [7, 11) is 0. The van der Waals surface area contributed by atoms with Crippen LogP contribution in [0.5, 0.6) is 0 Å². The van der Waals surface area contributed by atoms with Crippen LogP contribution in [0.15, 0.2) is 48.9 Å². The van der Waals surface area contributed by atoms with E-state index in [2.05, 4.69) is 37.8 Å². The van der Waals surface area contributed by atoms with E-state index in [0.717, 1.165) is 0 Å². The number of hydrogen-bond donors (Lipinski definition) is 3. The third-order valence-electron chi connectivity index (χ3n) is 5.74. The average Bonchev–Trinajstić information content (AvgIpc) is 3.29. The largest absolute Gasteiger partial charge is 0.387 e. The number of nitriles is 2. The maximum Gasteiger partial charge on any atom is 0.255 e. The molecule has 4 aromatic heterocycles. The van der Waals surface area contributed by atoms with E-state index < -0.39 is 24.2 Å². The van der Waals surface area contributed by atoms with Crippen LogP contribution in [0.1, 0.15) is 40.9 Å². The molecule has 0 aromatic carbocycles. The van der Waals surface area contributed by atoms with E-state index in [1.165, 1.54) is 32.4 Å². The molecule has 1 atom stereocenters. The highest BCUT2D eigenvalue weighted by Crippen LogP contribution is 2.28. The van der Waals surface area contributed by atoms with Crippen molar-refractivity contribution in [1.29, 1.82) is 10.5 Å². The Bertz CT molecular complexity index is 1580. The minimum atomic E-state index is -1.68. The maximum atomic E-state index is 14.2. The molecule has 0 saturated carbocycles. The lowest BCUT2D eigenvalue weighted by atomic mass is 10.0. The van der Waals surface area contributed by atoms with E-state index in [4.69, 9.17) is 5.26 Å². The second-order valence-corrected chi connectivity index (χ2v) is 8.98. The Balaban J connectivity index is 1.73. The van der Waals surface area contributed by atoms with E-state index in [9.17, 15) is 19.6 Å². The summed E-state index contributed by atoms with van der Waals surface area (Å²) in [4.78, 5) is 21.7. The Labute approximate surface area is 212 Å². The van der Waals surface area contributed by atoms with Crippen LogP contribution in [-0.2, 0) is 0 Å². The van der Waals surface area contributed by atoms with Crippen molar-refractivity contribution in [2.24, 2.45) is 0 Å². The summed E-state index contributed by atoms with van der Waals surface area (Å²) in [5, 5.41) is 38.1. The molecule has 37 heavy (non-hydrogen) atoms. The van der Waals surface area contributed by atoms with Gasteiger partial charge in [-0.05, 0) is 56.7 Å². The lowest BCUT2D eigenvalue weighted by Gasteiger charge is -2.22. The van der Waals surface area contributed by atoms with Gasteiger partial charge in [0.25, 0.3) is 5.91 Å². The quantitative estimate of drug-likeness (QED) is 0.350. The molecule has 0 bridgehead atoms. The first-order valence-electron chi connectivity index (χ1n) is 11.3. The number of pyridine rings is 2. The van der Waals surface area contributed by atoms with Crippen LogP contribution in [0.4, 0.5) is 15.9 Å². The summed E-state index contributed by atoms with van der Waals surface area (Å²) in [6, 6.07) is 12.7. The third kappa shape index (κ3) is 5.37. The summed E-state index contributed by atoms with van der Waals surface area (Å²) in [5.74, 6) is -0.213. The van der Waals surface area contributed by atoms with E-state index >= 15 is 0 Å². The predicted molar refractivity (Wildman–Crippen MR) is 134 cm³/mol. The van der Waals surface area contributed by atoms with Crippen molar-refractivity contribution < 1.29 is 14.3 Å². The standard InChI is InChI=1S/C26H23FN8O2/c1-15-6-24(31-12-17(15)10-29)34-20-8-21(22-5-4-18-7-16(9-28)11-33-35(18)22)30-13-19(20)25(36)32-14-23(27)26(2,3)37/h4-8,11-13,23,37H,14H2,1-3H3,(H,32,36)(H,30,31,34)/t23-/m1/s1. The van der Waals surface area contributed by atoms with Crippen LogP contribution in [0.25, 0.3) is 16.9 Å².